The van der Waals surface area contributed by atoms with E-state index in [0.717, 1.165) is 0 Å². The molecule has 134 valence electrons. The molecule has 0 saturated carbocycles. The lowest BCUT2D eigenvalue weighted by Gasteiger charge is -2.25. The zero-order valence-corrected chi connectivity index (χ0v) is 13.9. The number of nitrogens with two attached hydrogens (primary N) is 1. The standard InChI is InChI=1S/C19H18F2N4O/c20-16-9-13(12-26)1-2-15(16)11-24-5-7-25(8-6-24)18-4-3-14(19(22)23)10-17(18)21/h1-10,26H,11-12H2,(H3,22,23). The van der Waals surface area contributed by atoms with Crippen LogP contribution >= 0.6 is 0 Å². The molecule has 5 nitrogen and oxygen atoms in total. The van der Waals surface area contributed by atoms with E-state index in [9.17, 15) is 8.78 Å². The minimum absolute atomic E-state index is 0.194. The van der Waals surface area contributed by atoms with Gasteiger partial charge >= 0.3 is 0 Å². The van der Waals surface area contributed by atoms with Crippen molar-refractivity contribution in [2.24, 2.45) is 5.73 Å². The highest BCUT2D eigenvalue weighted by atomic mass is 19.1. The number of nitrogens with zero attached hydrogens (tertiary/aromatic N) is 2. The van der Waals surface area contributed by atoms with Crippen LogP contribution in [0.4, 0.5) is 14.5 Å². The van der Waals surface area contributed by atoms with Crippen LogP contribution in [0.15, 0.2) is 61.2 Å². The molecule has 0 aliphatic carbocycles. The van der Waals surface area contributed by atoms with E-state index in [0.29, 0.717) is 28.9 Å². The van der Waals surface area contributed by atoms with Crippen LogP contribution in [0, 0.1) is 17.0 Å². The van der Waals surface area contributed by atoms with Crippen molar-refractivity contribution in [3.05, 3.63) is 89.5 Å². The van der Waals surface area contributed by atoms with Crippen LogP contribution in [0.25, 0.3) is 0 Å². The molecular formula is C19H18F2N4O. The Bertz CT molecular complexity index is 881. The Hall–Kier alpha value is -3.19. The molecule has 0 saturated heterocycles. The lowest BCUT2D eigenvalue weighted by molar-refractivity contribution is 0.281. The summed E-state index contributed by atoms with van der Waals surface area (Å²) in [6.07, 6.45) is 6.73. The molecule has 0 unspecified atom stereocenters. The number of hydrogen-bond acceptors (Lipinski definition) is 4. The number of nitrogen functional groups attached to an aromatic ring is 1. The molecule has 7 heteroatoms. The summed E-state index contributed by atoms with van der Waals surface area (Å²) < 4.78 is 28.2. The normalized spacial score (nSPS) is 13.3. The molecule has 1 heterocycles. The first kappa shape index (κ1) is 17.6. The molecule has 2 aromatic carbocycles. The van der Waals surface area contributed by atoms with Crippen LogP contribution in [-0.2, 0) is 13.2 Å². The number of nitrogens with one attached hydrogen (secondary N) is 1. The summed E-state index contributed by atoms with van der Waals surface area (Å²) in [5, 5.41) is 16.4. The van der Waals surface area contributed by atoms with Gasteiger partial charge in [0.1, 0.15) is 17.5 Å². The lowest BCUT2D eigenvalue weighted by atomic mass is 10.1. The number of anilines is 1. The van der Waals surface area contributed by atoms with Crippen molar-refractivity contribution in [1.82, 2.24) is 4.90 Å². The summed E-state index contributed by atoms with van der Waals surface area (Å²) in [7, 11) is 0. The number of rotatable bonds is 5. The van der Waals surface area contributed by atoms with E-state index in [4.69, 9.17) is 16.2 Å². The molecule has 0 radical (unpaired) electrons. The van der Waals surface area contributed by atoms with Crippen molar-refractivity contribution in [2.45, 2.75) is 13.2 Å². The third-order valence-corrected chi connectivity index (χ3v) is 4.03. The van der Waals surface area contributed by atoms with E-state index >= 15 is 0 Å². The monoisotopic (exact) mass is 356 g/mol. The predicted octanol–water partition coefficient (Wildman–Crippen LogP) is 3.01. The fourth-order valence-corrected chi connectivity index (χ4v) is 2.58. The summed E-state index contributed by atoms with van der Waals surface area (Å²) in [5.74, 6) is -1.07. The predicted molar refractivity (Wildman–Crippen MR) is 96.0 cm³/mol. The topological polar surface area (TPSA) is 76.6 Å². The van der Waals surface area contributed by atoms with E-state index in [1.54, 1.807) is 58.9 Å². The Labute approximate surface area is 149 Å². The highest BCUT2D eigenvalue weighted by Gasteiger charge is 2.13. The average Bonchev–Trinajstić information content (AvgIpc) is 2.64. The van der Waals surface area contributed by atoms with Crippen LogP contribution in [0.2, 0.25) is 0 Å². The van der Waals surface area contributed by atoms with Gasteiger partial charge < -0.3 is 20.6 Å². The van der Waals surface area contributed by atoms with Gasteiger partial charge in [-0.3, -0.25) is 5.41 Å². The van der Waals surface area contributed by atoms with Crippen LogP contribution in [0.5, 0.6) is 0 Å². The van der Waals surface area contributed by atoms with Gasteiger partial charge in [-0.25, -0.2) is 8.78 Å². The number of aliphatic hydroxyl groups excluding tert-OH is 1. The molecule has 0 aromatic heterocycles. The molecule has 3 rings (SSSR count). The second-order valence-corrected chi connectivity index (χ2v) is 5.84. The van der Waals surface area contributed by atoms with Gasteiger partial charge in [-0.2, -0.15) is 0 Å². The maximum Gasteiger partial charge on any atom is 0.147 e. The van der Waals surface area contributed by atoms with Crippen molar-refractivity contribution in [3.63, 3.8) is 0 Å². The van der Waals surface area contributed by atoms with E-state index in [1.807, 2.05) is 0 Å². The SMILES string of the molecule is N=C(N)c1ccc(N2C=CN(Cc3ccc(CO)cc3F)C=C2)c(F)c1. The van der Waals surface area contributed by atoms with Crippen molar-refractivity contribution in [3.8, 4) is 0 Å². The summed E-state index contributed by atoms with van der Waals surface area (Å²) in [6.45, 7) is 0.105. The number of amidine groups is 1. The van der Waals surface area contributed by atoms with Gasteiger partial charge in [0.25, 0.3) is 0 Å². The fraction of sp³-hybridized carbons (Fsp3) is 0.105. The zero-order chi connectivity index (χ0) is 18.7. The molecule has 2 aromatic rings. The van der Waals surface area contributed by atoms with Crippen molar-refractivity contribution < 1.29 is 13.9 Å². The van der Waals surface area contributed by atoms with Crippen molar-refractivity contribution in [2.75, 3.05) is 4.90 Å². The second-order valence-electron chi connectivity index (χ2n) is 5.84. The van der Waals surface area contributed by atoms with Gasteiger partial charge in [-0.1, -0.05) is 12.1 Å². The molecule has 0 spiro atoms. The second kappa shape index (κ2) is 7.37. The van der Waals surface area contributed by atoms with Gasteiger partial charge in [0.05, 0.1) is 12.3 Å². The van der Waals surface area contributed by atoms with Crippen LogP contribution < -0.4 is 10.6 Å². The molecule has 4 N–H and O–H groups in total. The smallest absolute Gasteiger partial charge is 0.147 e. The number of halogens is 2. The average molecular weight is 356 g/mol. The van der Waals surface area contributed by atoms with Crippen molar-refractivity contribution in [1.29, 1.82) is 5.41 Å². The Balaban J connectivity index is 1.71. The van der Waals surface area contributed by atoms with E-state index < -0.39 is 5.82 Å². The third kappa shape index (κ3) is 3.73. The molecule has 0 fully saturated rings. The Kier molecular flexibility index (Phi) is 4.99. The van der Waals surface area contributed by atoms with Crippen LogP contribution in [-0.4, -0.2) is 15.8 Å². The molecule has 26 heavy (non-hydrogen) atoms. The van der Waals surface area contributed by atoms with Gasteiger partial charge in [0, 0.05) is 42.5 Å². The molecule has 0 bridgehead atoms. The minimum atomic E-state index is -0.494. The van der Waals surface area contributed by atoms with Gasteiger partial charge in [0.15, 0.2) is 0 Å². The Morgan fingerprint density at radius 3 is 2.31 bits per heavy atom. The van der Waals surface area contributed by atoms with Crippen LogP contribution in [0.1, 0.15) is 16.7 Å². The highest BCUT2D eigenvalue weighted by molar-refractivity contribution is 5.95. The Morgan fingerprint density at radius 1 is 1.00 bits per heavy atom. The molecule has 0 atom stereocenters. The maximum atomic E-state index is 14.2. The first-order valence-corrected chi connectivity index (χ1v) is 7.91. The number of benzene rings is 2. The quantitative estimate of drug-likeness (QED) is 0.569. The van der Waals surface area contributed by atoms with Crippen molar-refractivity contribution >= 4 is 11.5 Å². The molecule has 1 aliphatic rings. The van der Waals surface area contributed by atoms with Crippen LogP contribution in [0.3, 0.4) is 0 Å². The summed E-state index contributed by atoms with van der Waals surface area (Å²) in [5.41, 5.74) is 7.00. The summed E-state index contributed by atoms with van der Waals surface area (Å²) in [4.78, 5) is 3.34. The Morgan fingerprint density at radius 2 is 1.73 bits per heavy atom. The third-order valence-electron chi connectivity index (χ3n) is 4.03. The number of hydrogen-bond donors (Lipinski definition) is 3. The van der Waals surface area contributed by atoms with E-state index in [1.165, 1.54) is 12.1 Å². The summed E-state index contributed by atoms with van der Waals surface area (Å²) >= 11 is 0. The zero-order valence-electron chi connectivity index (χ0n) is 13.9. The minimum Gasteiger partial charge on any atom is -0.392 e. The van der Waals surface area contributed by atoms with E-state index in [2.05, 4.69) is 0 Å². The first-order valence-electron chi connectivity index (χ1n) is 7.91. The first-order chi connectivity index (χ1) is 12.5. The van der Waals surface area contributed by atoms with E-state index in [-0.39, 0.29) is 18.3 Å². The van der Waals surface area contributed by atoms with Gasteiger partial charge in [0.2, 0.25) is 0 Å². The van der Waals surface area contributed by atoms with Gasteiger partial charge in [-0.05, 0) is 29.8 Å². The highest BCUT2D eigenvalue weighted by Crippen LogP contribution is 2.24. The summed E-state index contributed by atoms with van der Waals surface area (Å²) in [6, 6.07) is 8.95. The fourth-order valence-electron chi connectivity index (χ4n) is 2.58. The molecule has 0 amide bonds. The largest absolute Gasteiger partial charge is 0.392 e. The molecular weight excluding hydrogens is 338 g/mol. The molecule has 1 aliphatic heterocycles. The number of aliphatic hydroxyl groups is 1. The van der Waals surface area contributed by atoms with Gasteiger partial charge in [-0.15, -0.1) is 0 Å². The maximum absolute atomic E-state index is 14.2. The lowest BCUT2D eigenvalue weighted by Crippen LogP contribution is -2.20.